The van der Waals surface area contributed by atoms with E-state index in [0.29, 0.717) is 6.20 Å². The van der Waals surface area contributed by atoms with Crippen LogP contribution in [-0.4, -0.2) is 26.6 Å². The van der Waals surface area contributed by atoms with Gasteiger partial charge in [0.25, 0.3) is 0 Å². The van der Waals surface area contributed by atoms with Gasteiger partial charge in [-0.05, 0) is 18.2 Å². The largest absolute Gasteiger partial charge is 0.471 e. The van der Waals surface area contributed by atoms with Crippen LogP contribution in [0.3, 0.4) is 0 Å². The van der Waals surface area contributed by atoms with Crippen molar-refractivity contribution in [3.8, 4) is 17.3 Å². The number of ether oxygens (including phenoxy) is 2. The highest BCUT2D eigenvalue weighted by molar-refractivity contribution is 5.39. The van der Waals surface area contributed by atoms with Gasteiger partial charge in [-0.2, -0.15) is 22.0 Å². The van der Waals surface area contributed by atoms with Gasteiger partial charge in [-0.3, -0.25) is 0 Å². The third kappa shape index (κ3) is 4.69. The maximum atomic E-state index is 13.5. The molecule has 0 amide bonds. The Labute approximate surface area is 153 Å². The van der Waals surface area contributed by atoms with Crippen molar-refractivity contribution in [3.63, 3.8) is 0 Å². The molecule has 0 aliphatic carbocycles. The van der Waals surface area contributed by atoms with E-state index in [4.69, 9.17) is 4.74 Å². The number of rotatable bonds is 6. The molecule has 12 heteroatoms. The summed E-state index contributed by atoms with van der Waals surface area (Å²) >= 11 is 0. The summed E-state index contributed by atoms with van der Waals surface area (Å²) in [5.74, 6) is -1.69. The molecule has 0 bridgehead atoms. The molecule has 1 aromatic carbocycles. The molecular formula is C16H10F6N4O2. The molecule has 148 valence electrons. The molecule has 0 saturated heterocycles. The number of hydrogen-bond acceptors (Lipinski definition) is 5. The summed E-state index contributed by atoms with van der Waals surface area (Å²) in [4.78, 5) is 3.55. The summed E-state index contributed by atoms with van der Waals surface area (Å²) in [7, 11) is 0. The van der Waals surface area contributed by atoms with E-state index in [9.17, 15) is 26.3 Å². The molecule has 0 atom stereocenters. The first-order valence-corrected chi connectivity index (χ1v) is 7.54. The number of hydrogen-bond donors (Lipinski definition) is 0. The van der Waals surface area contributed by atoms with Crippen LogP contribution >= 0.6 is 0 Å². The predicted molar refractivity (Wildman–Crippen MR) is 81.5 cm³/mol. The third-order valence-corrected chi connectivity index (χ3v) is 3.37. The number of nitrogens with zero attached hydrogens (tertiary/aromatic N) is 4. The van der Waals surface area contributed by atoms with E-state index < -0.39 is 29.9 Å². The fourth-order valence-electron chi connectivity index (χ4n) is 2.09. The second-order valence-corrected chi connectivity index (χ2v) is 5.32. The topological polar surface area (TPSA) is 62.1 Å². The minimum atomic E-state index is -4.50. The first kappa shape index (κ1) is 19.5. The highest BCUT2D eigenvalue weighted by Gasteiger charge is 2.30. The second-order valence-electron chi connectivity index (χ2n) is 5.32. The molecule has 3 rings (SSSR count). The number of pyridine rings is 1. The molecule has 6 nitrogen and oxygen atoms in total. The summed E-state index contributed by atoms with van der Waals surface area (Å²) in [6, 6.07) is 5.09. The van der Waals surface area contributed by atoms with Crippen LogP contribution in [0.5, 0.6) is 11.6 Å². The lowest BCUT2D eigenvalue weighted by Crippen LogP contribution is -2.06. The molecule has 0 fully saturated rings. The normalized spacial score (nSPS) is 11.7. The van der Waals surface area contributed by atoms with Crippen molar-refractivity contribution >= 4 is 0 Å². The Balaban J connectivity index is 1.68. The van der Waals surface area contributed by atoms with E-state index in [0.717, 1.165) is 28.9 Å². The van der Waals surface area contributed by atoms with Crippen LogP contribution in [0.25, 0.3) is 5.69 Å². The van der Waals surface area contributed by atoms with Crippen molar-refractivity contribution in [2.24, 2.45) is 0 Å². The van der Waals surface area contributed by atoms with Crippen LogP contribution in [0, 0.1) is 5.82 Å². The number of benzene rings is 1. The number of aromatic nitrogens is 4. The first-order chi connectivity index (χ1) is 13.2. The zero-order valence-corrected chi connectivity index (χ0v) is 13.7. The van der Waals surface area contributed by atoms with E-state index in [1.165, 1.54) is 12.3 Å². The van der Waals surface area contributed by atoms with Crippen LogP contribution in [-0.2, 0) is 12.8 Å². The molecule has 0 aliphatic rings. The van der Waals surface area contributed by atoms with Gasteiger partial charge in [-0.25, -0.2) is 14.1 Å². The Hall–Kier alpha value is -3.31. The first-order valence-electron chi connectivity index (χ1n) is 7.54. The Morgan fingerprint density at radius 2 is 1.89 bits per heavy atom. The monoisotopic (exact) mass is 404 g/mol. The smallest absolute Gasteiger partial charge is 0.417 e. The fraction of sp³-hybridized carbons (Fsp3) is 0.188. The Bertz CT molecular complexity index is 943. The van der Waals surface area contributed by atoms with Crippen molar-refractivity contribution in [1.29, 1.82) is 0 Å². The second kappa shape index (κ2) is 7.74. The molecule has 0 aliphatic heterocycles. The van der Waals surface area contributed by atoms with Gasteiger partial charge in [0.15, 0.2) is 11.6 Å². The molecule has 0 unspecified atom stereocenters. The van der Waals surface area contributed by atoms with Gasteiger partial charge < -0.3 is 9.47 Å². The molecule has 0 N–H and O–H groups in total. The molecule has 0 radical (unpaired) electrons. The van der Waals surface area contributed by atoms with E-state index >= 15 is 0 Å². The summed E-state index contributed by atoms with van der Waals surface area (Å²) in [5, 5.41) is 7.52. The Morgan fingerprint density at radius 1 is 1.11 bits per heavy atom. The molecule has 2 aromatic heterocycles. The maximum Gasteiger partial charge on any atom is 0.417 e. The van der Waals surface area contributed by atoms with Crippen molar-refractivity contribution in [3.05, 3.63) is 59.8 Å². The molecule has 3 aromatic rings. The number of alkyl halides is 5. The average Bonchev–Trinajstić information content (AvgIpc) is 3.10. The molecular weight excluding hydrogens is 394 g/mol. The molecule has 0 spiro atoms. The van der Waals surface area contributed by atoms with Crippen LogP contribution in [0.4, 0.5) is 26.3 Å². The summed E-state index contributed by atoms with van der Waals surface area (Å²) in [6.07, 6.45) is -2.50. The van der Waals surface area contributed by atoms with Gasteiger partial charge >= 0.3 is 12.8 Å². The van der Waals surface area contributed by atoms with Gasteiger partial charge in [-0.15, -0.1) is 5.10 Å². The van der Waals surface area contributed by atoms with E-state index in [1.807, 2.05) is 0 Å². The van der Waals surface area contributed by atoms with Crippen molar-refractivity contribution in [1.82, 2.24) is 20.0 Å². The van der Waals surface area contributed by atoms with Crippen molar-refractivity contribution in [2.45, 2.75) is 19.4 Å². The SMILES string of the molecule is Fc1ccc(-n2cc(COc3ccc(C(F)(F)F)cn3)nn2)cc1OC(F)F. The lowest BCUT2D eigenvalue weighted by atomic mass is 10.3. The summed E-state index contributed by atoms with van der Waals surface area (Å²) in [5.41, 5.74) is -0.449. The van der Waals surface area contributed by atoms with Gasteiger partial charge in [0, 0.05) is 18.3 Å². The molecule has 28 heavy (non-hydrogen) atoms. The van der Waals surface area contributed by atoms with Gasteiger partial charge in [-0.1, -0.05) is 5.21 Å². The quantitative estimate of drug-likeness (QED) is 0.582. The lowest BCUT2D eigenvalue weighted by Gasteiger charge is -2.08. The van der Waals surface area contributed by atoms with Gasteiger partial charge in [0.2, 0.25) is 5.88 Å². The van der Waals surface area contributed by atoms with Crippen LogP contribution in [0.2, 0.25) is 0 Å². The highest BCUT2D eigenvalue weighted by Crippen LogP contribution is 2.29. The predicted octanol–water partition coefficient (Wildman–Crippen LogP) is 4.00. The Morgan fingerprint density at radius 3 is 2.54 bits per heavy atom. The average molecular weight is 404 g/mol. The lowest BCUT2D eigenvalue weighted by molar-refractivity contribution is -0.137. The maximum absolute atomic E-state index is 13.5. The number of halogens is 6. The molecule has 0 saturated carbocycles. The minimum absolute atomic E-state index is 0.0584. The fourth-order valence-corrected chi connectivity index (χ4v) is 2.09. The van der Waals surface area contributed by atoms with E-state index in [2.05, 4.69) is 20.0 Å². The van der Waals surface area contributed by atoms with E-state index in [1.54, 1.807) is 0 Å². The highest BCUT2D eigenvalue weighted by atomic mass is 19.4. The van der Waals surface area contributed by atoms with Crippen LogP contribution < -0.4 is 9.47 Å². The minimum Gasteiger partial charge on any atom is -0.471 e. The summed E-state index contributed by atoms with van der Waals surface area (Å²) in [6.45, 7) is -3.36. The van der Waals surface area contributed by atoms with Gasteiger partial charge in [0.05, 0.1) is 17.4 Å². The zero-order chi connectivity index (χ0) is 20.3. The van der Waals surface area contributed by atoms with Crippen LogP contribution in [0.1, 0.15) is 11.3 Å². The van der Waals surface area contributed by atoms with Crippen molar-refractivity contribution < 1.29 is 35.8 Å². The van der Waals surface area contributed by atoms with Crippen molar-refractivity contribution in [2.75, 3.05) is 0 Å². The third-order valence-electron chi connectivity index (χ3n) is 3.37. The van der Waals surface area contributed by atoms with Gasteiger partial charge in [0.1, 0.15) is 12.3 Å². The molecule has 2 heterocycles. The zero-order valence-electron chi connectivity index (χ0n) is 13.7. The van der Waals surface area contributed by atoms with E-state index in [-0.39, 0.29) is 23.9 Å². The summed E-state index contributed by atoms with van der Waals surface area (Å²) < 4.78 is 85.9. The Kier molecular flexibility index (Phi) is 5.38. The van der Waals surface area contributed by atoms with Crippen LogP contribution in [0.15, 0.2) is 42.7 Å². The standard InChI is InChI=1S/C16H10F6N4O2/c17-12-3-2-11(5-13(12)28-15(18)19)26-7-10(24-25-26)8-27-14-4-1-9(6-23-14)16(20,21)22/h1-7,15H,8H2.